The van der Waals surface area contributed by atoms with E-state index in [0.717, 1.165) is 23.3 Å². The molecule has 0 saturated carbocycles. The molecule has 0 aliphatic heterocycles. The molecule has 23 heavy (non-hydrogen) atoms. The van der Waals surface area contributed by atoms with Crippen molar-refractivity contribution in [2.45, 2.75) is 6.54 Å². The number of aromatic nitrogens is 1. The second-order valence-corrected chi connectivity index (χ2v) is 6.83. The van der Waals surface area contributed by atoms with Crippen LogP contribution >= 0.6 is 15.9 Å². The second kappa shape index (κ2) is 7.20. The molecule has 0 bridgehead atoms. The van der Waals surface area contributed by atoms with Gasteiger partial charge in [0.2, 0.25) is 0 Å². The van der Waals surface area contributed by atoms with Gasteiger partial charge in [0.1, 0.15) is 12.4 Å². The number of nitrogens with zero attached hydrogens (tertiary/aromatic N) is 2. The summed E-state index contributed by atoms with van der Waals surface area (Å²) in [6.45, 7) is 2.44. The summed E-state index contributed by atoms with van der Waals surface area (Å²) >= 11 is 3.48. The predicted molar refractivity (Wildman–Crippen MR) is 99.2 cm³/mol. The molecule has 0 saturated heterocycles. The molecule has 0 unspecified atom stereocenters. The molecule has 0 amide bonds. The number of para-hydroxylation sites is 1. The SMILES string of the molecule is CN(C)CCOc1cn(Cc2ccc(Br)cc2)c2ccccc12. The minimum Gasteiger partial charge on any atom is -0.490 e. The minimum atomic E-state index is 0.694. The number of ether oxygens (including phenoxy) is 1. The summed E-state index contributed by atoms with van der Waals surface area (Å²) in [7, 11) is 4.11. The zero-order valence-electron chi connectivity index (χ0n) is 13.5. The van der Waals surface area contributed by atoms with E-state index in [2.05, 4.69) is 94.2 Å². The molecule has 0 fully saturated rings. The van der Waals surface area contributed by atoms with E-state index in [1.807, 2.05) is 0 Å². The highest BCUT2D eigenvalue weighted by Crippen LogP contribution is 2.28. The van der Waals surface area contributed by atoms with E-state index in [9.17, 15) is 0 Å². The maximum Gasteiger partial charge on any atom is 0.144 e. The lowest BCUT2D eigenvalue weighted by atomic mass is 10.2. The fourth-order valence-corrected chi connectivity index (χ4v) is 2.85. The number of halogens is 1. The average Bonchev–Trinajstić information content (AvgIpc) is 2.88. The number of rotatable bonds is 6. The average molecular weight is 373 g/mol. The molecule has 0 aliphatic carbocycles. The van der Waals surface area contributed by atoms with Crippen molar-refractivity contribution >= 4 is 26.8 Å². The zero-order valence-corrected chi connectivity index (χ0v) is 15.1. The Morgan fingerprint density at radius 2 is 1.78 bits per heavy atom. The normalized spacial score (nSPS) is 11.3. The Balaban J connectivity index is 1.86. The summed E-state index contributed by atoms with van der Waals surface area (Å²) in [6, 6.07) is 16.8. The number of hydrogen-bond donors (Lipinski definition) is 0. The van der Waals surface area contributed by atoms with Crippen molar-refractivity contribution in [1.29, 1.82) is 0 Å². The first-order chi connectivity index (χ1) is 11.1. The van der Waals surface area contributed by atoms with Crippen LogP contribution in [0.3, 0.4) is 0 Å². The first kappa shape index (κ1) is 16.1. The molecule has 0 spiro atoms. The van der Waals surface area contributed by atoms with Crippen LogP contribution in [0, 0.1) is 0 Å². The monoisotopic (exact) mass is 372 g/mol. The Hall–Kier alpha value is -1.78. The van der Waals surface area contributed by atoms with Crippen molar-refractivity contribution < 1.29 is 4.74 Å². The maximum atomic E-state index is 6.00. The number of fused-ring (bicyclic) bond motifs is 1. The standard InChI is InChI=1S/C19H21BrN2O/c1-21(2)11-12-23-19-14-22(18-6-4-3-5-17(18)19)13-15-7-9-16(20)10-8-15/h3-10,14H,11-13H2,1-2H3. The van der Waals surface area contributed by atoms with Gasteiger partial charge in [0.15, 0.2) is 0 Å². The molecule has 4 heteroatoms. The van der Waals surface area contributed by atoms with Gasteiger partial charge in [-0.1, -0.05) is 40.2 Å². The molecule has 2 aromatic carbocycles. The summed E-state index contributed by atoms with van der Waals surface area (Å²) in [5.74, 6) is 0.958. The van der Waals surface area contributed by atoms with Gasteiger partial charge in [-0.3, -0.25) is 0 Å². The highest BCUT2D eigenvalue weighted by molar-refractivity contribution is 9.10. The van der Waals surface area contributed by atoms with Gasteiger partial charge in [-0.15, -0.1) is 0 Å². The third-order valence-electron chi connectivity index (χ3n) is 3.81. The summed E-state index contributed by atoms with van der Waals surface area (Å²) in [5, 5.41) is 1.17. The lowest BCUT2D eigenvalue weighted by molar-refractivity contribution is 0.263. The Morgan fingerprint density at radius 1 is 1.04 bits per heavy atom. The highest BCUT2D eigenvalue weighted by atomic mass is 79.9. The Morgan fingerprint density at radius 3 is 2.52 bits per heavy atom. The Labute approximate surface area is 145 Å². The fraction of sp³-hybridized carbons (Fsp3) is 0.263. The van der Waals surface area contributed by atoms with Crippen LogP contribution in [-0.4, -0.2) is 36.7 Å². The number of hydrogen-bond acceptors (Lipinski definition) is 2. The molecule has 0 radical (unpaired) electrons. The van der Waals surface area contributed by atoms with Gasteiger partial charge in [-0.05, 0) is 43.9 Å². The highest BCUT2D eigenvalue weighted by Gasteiger charge is 2.09. The number of likely N-dealkylation sites (N-methyl/N-ethyl adjacent to an activating group) is 1. The molecule has 3 rings (SSSR count). The van der Waals surface area contributed by atoms with E-state index in [1.54, 1.807) is 0 Å². The molecule has 3 aromatic rings. The van der Waals surface area contributed by atoms with Crippen molar-refractivity contribution in [3.63, 3.8) is 0 Å². The lowest BCUT2D eigenvalue weighted by Crippen LogP contribution is -2.19. The van der Waals surface area contributed by atoms with Crippen LogP contribution in [0.5, 0.6) is 5.75 Å². The van der Waals surface area contributed by atoms with Crippen LogP contribution in [0.25, 0.3) is 10.9 Å². The largest absolute Gasteiger partial charge is 0.490 e. The van der Waals surface area contributed by atoms with Gasteiger partial charge in [0.25, 0.3) is 0 Å². The molecular formula is C19H21BrN2O. The van der Waals surface area contributed by atoms with E-state index in [-0.39, 0.29) is 0 Å². The van der Waals surface area contributed by atoms with Crippen LogP contribution in [-0.2, 0) is 6.54 Å². The van der Waals surface area contributed by atoms with Crippen molar-refractivity contribution in [3.8, 4) is 5.75 Å². The lowest BCUT2D eigenvalue weighted by Gasteiger charge is -2.10. The van der Waals surface area contributed by atoms with Crippen LogP contribution in [0.4, 0.5) is 0 Å². The molecule has 0 aliphatic rings. The quantitative estimate of drug-likeness (QED) is 0.638. The molecule has 1 aromatic heterocycles. The molecular weight excluding hydrogens is 352 g/mol. The Kier molecular flexibility index (Phi) is 5.03. The molecule has 0 atom stereocenters. The molecule has 1 heterocycles. The van der Waals surface area contributed by atoms with Crippen LogP contribution < -0.4 is 4.74 Å². The van der Waals surface area contributed by atoms with Crippen LogP contribution in [0.1, 0.15) is 5.56 Å². The van der Waals surface area contributed by atoms with Gasteiger partial charge in [-0.2, -0.15) is 0 Å². The van der Waals surface area contributed by atoms with Crippen molar-refractivity contribution in [1.82, 2.24) is 9.47 Å². The van der Waals surface area contributed by atoms with Gasteiger partial charge in [-0.25, -0.2) is 0 Å². The second-order valence-electron chi connectivity index (χ2n) is 5.92. The summed E-state index contributed by atoms with van der Waals surface area (Å²) in [4.78, 5) is 2.13. The minimum absolute atomic E-state index is 0.694. The molecule has 3 nitrogen and oxygen atoms in total. The summed E-state index contributed by atoms with van der Waals surface area (Å²) < 4.78 is 9.35. The van der Waals surface area contributed by atoms with Crippen molar-refractivity contribution in [2.24, 2.45) is 0 Å². The van der Waals surface area contributed by atoms with Gasteiger partial charge >= 0.3 is 0 Å². The van der Waals surface area contributed by atoms with Gasteiger partial charge in [0.05, 0.1) is 5.52 Å². The third kappa shape index (κ3) is 3.95. The van der Waals surface area contributed by atoms with Gasteiger partial charge < -0.3 is 14.2 Å². The smallest absolute Gasteiger partial charge is 0.144 e. The van der Waals surface area contributed by atoms with Crippen molar-refractivity contribution in [3.05, 3.63) is 64.8 Å². The van der Waals surface area contributed by atoms with Gasteiger partial charge in [0, 0.05) is 29.1 Å². The first-order valence-electron chi connectivity index (χ1n) is 7.73. The van der Waals surface area contributed by atoms with Crippen LogP contribution in [0.15, 0.2) is 59.2 Å². The molecule has 120 valence electrons. The Bertz CT molecular complexity index is 778. The van der Waals surface area contributed by atoms with Crippen LogP contribution in [0.2, 0.25) is 0 Å². The predicted octanol–water partition coefficient (Wildman–Crippen LogP) is 4.39. The summed E-state index contributed by atoms with van der Waals surface area (Å²) in [5.41, 5.74) is 2.48. The third-order valence-corrected chi connectivity index (χ3v) is 4.34. The van der Waals surface area contributed by atoms with E-state index in [1.165, 1.54) is 16.5 Å². The first-order valence-corrected chi connectivity index (χ1v) is 8.52. The maximum absolute atomic E-state index is 6.00. The fourth-order valence-electron chi connectivity index (χ4n) is 2.58. The molecule has 0 N–H and O–H groups in total. The number of benzene rings is 2. The van der Waals surface area contributed by atoms with E-state index >= 15 is 0 Å². The zero-order chi connectivity index (χ0) is 16.2. The van der Waals surface area contributed by atoms with E-state index in [4.69, 9.17) is 4.74 Å². The van der Waals surface area contributed by atoms with E-state index in [0.29, 0.717) is 6.61 Å². The van der Waals surface area contributed by atoms with Crippen molar-refractivity contribution in [2.75, 3.05) is 27.2 Å². The topological polar surface area (TPSA) is 17.4 Å². The summed E-state index contributed by atoms with van der Waals surface area (Å²) in [6.07, 6.45) is 2.11. The van der Waals surface area contributed by atoms with E-state index < -0.39 is 0 Å².